The van der Waals surface area contributed by atoms with E-state index < -0.39 is 0 Å². The van der Waals surface area contributed by atoms with Gasteiger partial charge in [0, 0.05) is 5.56 Å². The number of nitrogens with two attached hydrogens (primary N) is 1. The van der Waals surface area contributed by atoms with Gasteiger partial charge in [0.25, 0.3) is 5.89 Å². The van der Waals surface area contributed by atoms with Crippen LogP contribution in [0.3, 0.4) is 0 Å². The van der Waals surface area contributed by atoms with Crippen LogP contribution in [0.4, 0.5) is 0 Å². The molecule has 0 radical (unpaired) electrons. The van der Waals surface area contributed by atoms with Crippen molar-refractivity contribution in [3.05, 3.63) is 36.2 Å². The van der Waals surface area contributed by atoms with E-state index in [9.17, 15) is 0 Å². The summed E-state index contributed by atoms with van der Waals surface area (Å²) < 4.78 is 5.21. The van der Waals surface area contributed by atoms with E-state index in [1.807, 2.05) is 30.3 Å². The molecular weight excluding hydrogens is 234 g/mol. The summed E-state index contributed by atoms with van der Waals surface area (Å²) in [5.41, 5.74) is 6.38. The highest BCUT2D eigenvalue weighted by atomic mass is 32.2. The molecule has 4 nitrogen and oxygen atoms in total. The topological polar surface area (TPSA) is 64.9 Å². The molecule has 0 aliphatic heterocycles. The Morgan fingerprint density at radius 1 is 1.24 bits per heavy atom. The average Bonchev–Trinajstić information content (AvgIpc) is 2.85. The first kappa shape index (κ1) is 12.1. The molecule has 0 amide bonds. The van der Waals surface area contributed by atoms with Gasteiger partial charge in [0.1, 0.15) is 0 Å². The maximum atomic E-state index is 5.42. The number of thioether (sulfide) groups is 1. The number of hydrogen-bond donors (Lipinski definition) is 1. The molecule has 0 fully saturated rings. The second-order valence-corrected chi connectivity index (χ2v) is 4.68. The third-order valence-corrected chi connectivity index (χ3v) is 3.25. The first-order valence-corrected chi connectivity index (χ1v) is 6.71. The lowest BCUT2D eigenvalue weighted by Crippen LogP contribution is -1.99. The van der Waals surface area contributed by atoms with E-state index in [1.165, 1.54) is 0 Å². The van der Waals surface area contributed by atoms with Crippen molar-refractivity contribution < 1.29 is 4.52 Å². The van der Waals surface area contributed by atoms with Crippen molar-refractivity contribution in [3.63, 3.8) is 0 Å². The SMILES string of the molecule is NCCCSCc1noc(-c2ccccc2)n1. The van der Waals surface area contributed by atoms with Gasteiger partial charge in [-0.15, -0.1) is 0 Å². The molecule has 2 rings (SSSR count). The number of aromatic nitrogens is 2. The summed E-state index contributed by atoms with van der Waals surface area (Å²) in [7, 11) is 0. The van der Waals surface area contributed by atoms with Crippen LogP contribution >= 0.6 is 11.8 Å². The maximum Gasteiger partial charge on any atom is 0.257 e. The number of nitrogens with zero attached hydrogens (tertiary/aromatic N) is 2. The van der Waals surface area contributed by atoms with Crippen LogP contribution in [0.25, 0.3) is 11.5 Å². The third kappa shape index (κ3) is 3.57. The third-order valence-electron chi connectivity index (χ3n) is 2.21. The molecule has 0 unspecified atom stereocenters. The molecule has 0 aliphatic carbocycles. The first-order chi connectivity index (χ1) is 8.40. The van der Waals surface area contributed by atoms with E-state index in [0.29, 0.717) is 5.89 Å². The van der Waals surface area contributed by atoms with Gasteiger partial charge in [-0.2, -0.15) is 16.7 Å². The van der Waals surface area contributed by atoms with Crippen molar-refractivity contribution in [1.82, 2.24) is 10.1 Å². The highest BCUT2D eigenvalue weighted by molar-refractivity contribution is 7.98. The Bertz CT molecular complexity index is 444. The van der Waals surface area contributed by atoms with Crippen molar-refractivity contribution in [2.45, 2.75) is 12.2 Å². The standard InChI is InChI=1S/C12H15N3OS/c13-7-4-8-17-9-11-14-12(16-15-11)10-5-2-1-3-6-10/h1-3,5-6H,4,7-9,13H2. The van der Waals surface area contributed by atoms with Gasteiger partial charge in [0.15, 0.2) is 5.82 Å². The summed E-state index contributed by atoms with van der Waals surface area (Å²) >= 11 is 1.77. The van der Waals surface area contributed by atoms with Gasteiger partial charge < -0.3 is 10.3 Å². The Morgan fingerprint density at radius 3 is 2.82 bits per heavy atom. The van der Waals surface area contributed by atoms with Gasteiger partial charge >= 0.3 is 0 Å². The minimum atomic E-state index is 0.583. The van der Waals surface area contributed by atoms with Gasteiger partial charge in [-0.3, -0.25) is 0 Å². The van der Waals surface area contributed by atoms with Gasteiger partial charge in [-0.05, 0) is 30.9 Å². The van der Waals surface area contributed by atoms with Crippen LogP contribution in [0, 0.1) is 0 Å². The Hall–Kier alpha value is -1.33. The molecule has 5 heteroatoms. The largest absolute Gasteiger partial charge is 0.334 e. The normalized spacial score (nSPS) is 10.6. The van der Waals surface area contributed by atoms with Crippen LogP contribution in [-0.4, -0.2) is 22.4 Å². The number of benzene rings is 1. The second-order valence-electron chi connectivity index (χ2n) is 3.58. The monoisotopic (exact) mass is 249 g/mol. The van der Waals surface area contributed by atoms with Crippen LogP contribution in [-0.2, 0) is 5.75 Å². The fourth-order valence-electron chi connectivity index (χ4n) is 1.36. The Balaban J connectivity index is 1.92. The summed E-state index contributed by atoms with van der Waals surface area (Å²) in [5, 5.41) is 3.95. The highest BCUT2D eigenvalue weighted by Gasteiger charge is 2.07. The van der Waals surface area contributed by atoms with Crippen molar-refractivity contribution in [2.75, 3.05) is 12.3 Å². The zero-order valence-corrected chi connectivity index (χ0v) is 10.3. The summed E-state index contributed by atoms with van der Waals surface area (Å²) in [6.45, 7) is 0.731. The van der Waals surface area contributed by atoms with Gasteiger partial charge in [0.05, 0.1) is 5.75 Å². The van der Waals surface area contributed by atoms with E-state index >= 15 is 0 Å². The predicted octanol–water partition coefficient (Wildman–Crippen LogP) is 2.32. The van der Waals surface area contributed by atoms with Gasteiger partial charge in [0.2, 0.25) is 0 Å². The summed E-state index contributed by atoms with van der Waals surface area (Å²) in [6.07, 6.45) is 1.02. The average molecular weight is 249 g/mol. The van der Waals surface area contributed by atoms with Crippen LogP contribution in [0.5, 0.6) is 0 Å². The highest BCUT2D eigenvalue weighted by Crippen LogP contribution is 2.18. The smallest absolute Gasteiger partial charge is 0.257 e. The molecular formula is C12H15N3OS. The van der Waals surface area contributed by atoms with Crippen molar-refractivity contribution in [3.8, 4) is 11.5 Å². The molecule has 90 valence electrons. The zero-order chi connectivity index (χ0) is 11.9. The lowest BCUT2D eigenvalue weighted by Gasteiger charge is -1.94. The maximum absolute atomic E-state index is 5.42. The van der Waals surface area contributed by atoms with E-state index in [4.69, 9.17) is 10.3 Å². The van der Waals surface area contributed by atoms with E-state index in [0.717, 1.165) is 35.9 Å². The molecule has 0 aliphatic rings. The molecule has 0 bridgehead atoms. The fourth-order valence-corrected chi connectivity index (χ4v) is 2.17. The Labute approximate surface area is 105 Å². The minimum Gasteiger partial charge on any atom is -0.334 e. The predicted molar refractivity (Wildman–Crippen MR) is 69.6 cm³/mol. The number of hydrogen-bond acceptors (Lipinski definition) is 5. The lowest BCUT2D eigenvalue weighted by molar-refractivity contribution is 0.425. The van der Waals surface area contributed by atoms with Crippen molar-refractivity contribution in [1.29, 1.82) is 0 Å². The molecule has 17 heavy (non-hydrogen) atoms. The van der Waals surface area contributed by atoms with Crippen molar-refractivity contribution in [2.24, 2.45) is 5.73 Å². The van der Waals surface area contributed by atoms with Crippen LogP contribution in [0.1, 0.15) is 12.2 Å². The first-order valence-electron chi connectivity index (χ1n) is 5.56. The molecule has 1 aromatic heterocycles. The lowest BCUT2D eigenvalue weighted by atomic mass is 10.2. The van der Waals surface area contributed by atoms with E-state index in [1.54, 1.807) is 11.8 Å². The summed E-state index contributed by atoms with van der Waals surface area (Å²) in [5.74, 6) is 3.13. The molecule has 0 saturated carbocycles. The van der Waals surface area contributed by atoms with Gasteiger partial charge in [-0.1, -0.05) is 23.4 Å². The molecule has 0 saturated heterocycles. The molecule has 1 heterocycles. The molecule has 2 aromatic rings. The van der Waals surface area contributed by atoms with Crippen molar-refractivity contribution >= 4 is 11.8 Å². The van der Waals surface area contributed by atoms with Crippen LogP contribution in [0.2, 0.25) is 0 Å². The molecule has 0 spiro atoms. The minimum absolute atomic E-state index is 0.583. The quantitative estimate of drug-likeness (QED) is 0.796. The Morgan fingerprint density at radius 2 is 2.06 bits per heavy atom. The number of rotatable bonds is 6. The summed E-state index contributed by atoms with van der Waals surface area (Å²) in [6, 6.07) is 9.78. The Kier molecular flexibility index (Phi) is 4.58. The molecule has 2 N–H and O–H groups in total. The zero-order valence-electron chi connectivity index (χ0n) is 9.50. The van der Waals surface area contributed by atoms with E-state index in [2.05, 4.69) is 10.1 Å². The van der Waals surface area contributed by atoms with Gasteiger partial charge in [-0.25, -0.2) is 0 Å². The molecule has 0 atom stereocenters. The van der Waals surface area contributed by atoms with Crippen LogP contribution < -0.4 is 5.73 Å². The van der Waals surface area contributed by atoms with Crippen LogP contribution in [0.15, 0.2) is 34.9 Å². The summed E-state index contributed by atoms with van der Waals surface area (Å²) in [4.78, 5) is 4.35. The van der Waals surface area contributed by atoms with E-state index in [-0.39, 0.29) is 0 Å². The second kappa shape index (κ2) is 6.42. The molecule has 1 aromatic carbocycles. The fraction of sp³-hybridized carbons (Fsp3) is 0.333.